The van der Waals surface area contributed by atoms with E-state index in [1.165, 1.54) is 16.7 Å². The van der Waals surface area contributed by atoms with Crippen LogP contribution in [0.4, 0.5) is 0 Å². The van der Waals surface area contributed by atoms with Crippen molar-refractivity contribution in [3.05, 3.63) is 53.3 Å². The van der Waals surface area contributed by atoms with Gasteiger partial charge in [0.25, 0.3) is 0 Å². The van der Waals surface area contributed by atoms with E-state index in [9.17, 15) is 0 Å². The predicted octanol–water partition coefficient (Wildman–Crippen LogP) is 2.05. The molecule has 0 spiro atoms. The molecule has 1 aromatic heterocycles. The molecule has 1 aliphatic rings. The molecule has 3 rings (SSSR count). The lowest BCUT2D eigenvalue weighted by Gasteiger charge is -2.36. The van der Waals surface area contributed by atoms with Crippen molar-refractivity contribution in [2.45, 2.75) is 39.0 Å². The molecule has 1 aromatic carbocycles. The minimum absolute atomic E-state index is 0.551. The Morgan fingerprint density at radius 2 is 2.10 bits per heavy atom. The molecule has 2 aromatic rings. The van der Waals surface area contributed by atoms with E-state index in [4.69, 9.17) is 0 Å². The molecule has 21 heavy (non-hydrogen) atoms. The number of hydrogen-bond donors (Lipinski definition) is 1. The molecule has 0 saturated carbocycles. The van der Waals surface area contributed by atoms with Crippen LogP contribution in [0, 0.1) is 0 Å². The minimum atomic E-state index is 0.551. The fraction of sp³-hybridized carbons (Fsp3) is 0.471. The second-order valence-electron chi connectivity index (χ2n) is 5.79. The lowest BCUT2D eigenvalue weighted by molar-refractivity contribution is 0.161. The summed E-state index contributed by atoms with van der Waals surface area (Å²) in [6.45, 7) is 6.08. The normalized spacial score (nSPS) is 18.7. The number of aromatic nitrogens is 2. The van der Waals surface area contributed by atoms with Gasteiger partial charge in [-0.1, -0.05) is 24.3 Å². The highest BCUT2D eigenvalue weighted by atomic mass is 15.3. The number of fused-ring (bicyclic) bond motifs is 1. The van der Waals surface area contributed by atoms with Crippen molar-refractivity contribution in [3.8, 4) is 0 Å². The van der Waals surface area contributed by atoms with Gasteiger partial charge in [-0.2, -0.15) is 5.10 Å². The van der Waals surface area contributed by atoms with E-state index >= 15 is 0 Å². The lowest BCUT2D eigenvalue weighted by Crippen LogP contribution is -2.45. The van der Waals surface area contributed by atoms with Gasteiger partial charge in [-0.15, -0.1) is 0 Å². The zero-order valence-corrected chi connectivity index (χ0v) is 12.9. The number of nitrogens with one attached hydrogen (secondary N) is 1. The van der Waals surface area contributed by atoms with Crippen molar-refractivity contribution in [1.29, 1.82) is 0 Å². The summed E-state index contributed by atoms with van der Waals surface area (Å²) in [7, 11) is 2.04. The molecule has 112 valence electrons. The predicted molar refractivity (Wildman–Crippen MR) is 85.0 cm³/mol. The van der Waals surface area contributed by atoms with Crippen LogP contribution in [0.1, 0.15) is 23.6 Å². The Labute approximate surface area is 126 Å². The molecule has 1 unspecified atom stereocenters. The van der Waals surface area contributed by atoms with Crippen LogP contribution >= 0.6 is 0 Å². The Kier molecular flexibility index (Phi) is 4.36. The van der Waals surface area contributed by atoms with Crippen LogP contribution in [-0.2, 0) is 26.1 Å². The van der Waals surface area contributed by atoms with Crippen molar-refractivity contribution in [1.82, 2.24) is 20.0 Å². The standard InChI is InChI=1S/C17H24N4/c1-3-21-12-14(9-19-21)11-20-13-16-7-5-4-6-15(16)8-17(20)10-18-2/h4-7,9,12,17-18H,3,8,10-11,13H2,1-2H3. The van der Waals surface area contributed by atoms with Crippen molar-refractivity contribution < 1.29 is 0 Å². The second-order valence-corrected chi connectivity index (χ2v) is 5.79. The molecule has 2 heterocycles. The van der Waals surface area contributed by atoms with Crippen molar-refractivity contribution in [2.75, 3.05) is 13.6 Å². The Morgan fingerprint density at radius 1 is 1.29 bits per heavy atom. The Morgan fingerprint density at radius 3 is 2.81 bits per heavy atom. The number of rotatable bonds is 5. The third kappa shape index (κ3) is 3.17. The molecular weight excluding hydrogens is 260 g/mol. The van der Waals surface area contributed by atoms with Gasteiger partial charge in [0.2, 0.25) is 0 Å². The Balaban J connectivity index is 1.78. The first-order chi connectivity index (χ1) is 10.3. The topological polar surface area (TPSA) is 33.1 Å². The number of likely N-dealkylation sites (N-methyl/N-ethyl adjacent to an activating group) is 1. The van der Waals surface area contributed by atoms with Crippen molar-refractivity contribution in [2.24, 2.45) is 0 Å². The lowest BCUT2D eigenvalue weighted by atomic mass is 9.93. The van der Waals surface area contributed by atoms with Crippen LogP contribution in [-0.4, -0.2) is 34.3 Å². The first kappa shape index (κ1) is 14.3. The highest BCUT2D eigenvalue weighted by Gasteiger charge is 2.25. The molecule has 0 saturated heterocycles. The van der Waals surface area contributed by atoms with Gasteiger partial charge in [0.05, 0.1) is 6.20 Å². The number of aryl methyl sites for hydroxylation is 1. The molecule has 0 fully saturated rings. The zero-order chi connectivity index (χ0) is 14.7. The van der Waals surface area contributed by atoms with E-state index in [-0.39, 0.29) is 0 Å². The molecule has 1 atom stereocenters. The highest BCUT2D eigenvalue weighted by molar-refractivity contribution is 5.30. The van der Waals surface area contributed by atoms with Crippen LogP contribution < -0.4 is 5.32 Å². The average Bonchev–Trinajstić information content (AvgIpc) is 2.96. The van der Waals surface area contributed by atoms with E-state index in [2.05, 4.69) is 52.7 Å². The maximum Gasteiger partial charge on any atom is 0.0534 e. The van der Waals surface area contributed by atoms with Crippen LogP contribution in [0.2, 0.25) is 0 Å². The summed E-state index contributed by atoms with van der Waals surface area (Å²) in [6, 6.07) is 9.37. The molecule has 0 radical (unpaired) electrons. The first-order valence-corrected chi connectivity index (χ1v) is 7.77. The van der Waals surface area contributed by atoms with Gasteiger partial charge >= 0.3 is 0 Å². The van der Waals surface area contributed by atoms with E-state index in [1.54, 1.807) is 0 Å². The van der Waals surface area contributed by atoms with Crippen LogP contribution in [0.3, 0.4) is 0 Å². The quantitative estimate of drug-likeness (QED) is 0.912. The minimum Gasteiger partial charge on any atom is -0.318 e. The highest BCUT2D eigenvalue weighted by Crippen LogP contribution is 2.24. The van der Waals surface area contributed by atoms with Crippen LogP contribution in [0.15, 0.2) is 36.7 Å². The van der Waals surface area contributed by atoms with Crippen molar-refractivity contribution in [3.63, 3.8) is 0 Å². The summed E-state index contributed by atoms with van der Waals surface area (Å²) < 4.78 is 2.00. The summed E-state index contributed by atoms with van der Waals surface area (Å²) in [6.07, 6.45) is 5.29. The SMILES string of the molecule is CCn1cc(CN2Cc3ccccc3CC2CNC)cn1. The molecule has 1 N–H and O–H groups in total. The molecule has 1 aliphatic heterocycles. The number of benzene rings is 1. The Bertz CT molecular complexity index is 590. The molecular formula is C17H24N4. The van der Waals surface area contributed by atoms with Gasteiger partial charge in [0, 0.05) is 44.0 Å². The van der Waals surface area contributed by atoms with E-state index in [0.717, 1.165) is 32.6 Å². The van der Waals surface area contributed by atoms with Crippen LogP contribution in [0.25, 0.3) is 0 Å². The molecule has 0 aliphatic carbocycles. The van der Waals surface area contributed by atoms with E-state index < -0.39 is 0 Å². The third-order valence-corrected chi connectivity index (χ3v) is 4.30. The third-order valence-electron chi connectivity index (χ3n) is 4.30. The molecule has 4 nitrogen and oxygen atoms in total. The van der Waals surface area contributed by atoms with Crippen molar-refractivity contribution >= 4 is 0 Å². The summed E-state index contributed by atoms with van der Waals surface area (Å²) in [5.74, 6) is 0. The monoisotopic (exact) mass is 284 g/mol. The molecule has 4 heteroatoms. The summed E-state index contributed by atoms with van der Waals surface area (Å²) in [5.41, 5.74) is 4.27. The van der Waals surface area contributed by atoms with Gasteiger partial charge in [-0.3, -0.25) is 9.58 Å². The maximum absolute atomic E-state index is 4.39. The number of hydrogen-bond acceptors (Lipinski definition) is 3. The fourth-order valence-electron chi connectivity index (χ4n) is 3.16. The van der Waals surface area contributed by atoms with Gasteiger partial charge in [-0.05, 0) is 31.5 Å². The summed E-state index contributed by atoms with van der Waals surface area (Å²) >= 11 is 0. The van der Waals surface area contributed by atoms with Gasteiger partial charge in [0.1, 0.15) is 0 Å². The maximum atomic E-state index is 4.39. The summed E-state index contributed by atoms with van der Waals surface area (Å²) in [5, 5.41) is 7.73. The Hall–Kier alpha value is -1.65. The summed E-state index contributed by atoms with van der Waals surface area (Å²) in [4.78, 5) is 2.57. The second kappa shape index (κ2) is 6.41. The largest absolute Gasteiger partial charge is 0.318 e. The van der Waals surface area contributed by atoms with Crippen LogP contribution in [0.5, 0.6) is 0 Å². The first-order valence-electron chi connectivity index (χ1n) is 7.77. The smallest absolute Gasteiger partial charge is 0.0534 e. The number of nitrogens with zero attached hydrogens (tertiary/aromatic N) is 3. The van der Waals surface area contributed by atoms with E-state index in [1.807, 2.05) is 17.9 Å². The average molecular weight is 284 g/mol. The van der Waals surface area contributed by atoms with Gasteiger partial charge in [0.15, 0.2) is 0 Å². The van der Waals surface area contributed by atoms with Gasteiger partial charge in [-0.25, -0.2) is 0 Å². The molecule has 0 bridgehead atoms. The van der Waals surface area contributed by atoms with E-state index in [0.29, 0.717) is 6.04 Å². The fourth-order valence-corrected chi connectivity index (χ4v) is 3.16. The van der Waals surface area contributed by atoms with Gasteiger partial charge < -0.3 is 5.32 Å². The zero-order valence-electron chi connectivity index (χ0n) is 12.9. The molecule has 0 amide bonds.